The Bertz CT molecular complexity index is 819. The van der Waals surface area contributed by atoms with Crippen LogP contribution >= 0.6 is 0 Å². The zero-order valence-electron chi connectivity index (χ0n) is 15.6. The number of anilines is 4. The number of nitrogens with two attached hydrogens (primary N) is 1. The maximum atomic E-state index is 13.1. The minimum atomic E-state index is -0.271. The van der Waals surface area contributed by atoms with Crippen LogP contribution < -0.4 is 16.0 Å². The number of halogens is 1. The van der Waals surface area contributed by atoms with E-state index < -0.39 is 0 Å². The van der Waals surface area contributed by atoms with Gasteiger partial charge in [0.2, 0.25) is 0 Å². The maximum absolute atomic E-state index is 13.1. The molecular formula is C20H26FN5. The second-order valence-corrected chi connectivity index (χ2v) is 8.93. The predicted molar refractivity (Wildman–Crippen MR) is 103 cm³/mol. The highest BCUT2D eigenvalue weighted by Gasteiger charge is 2.50. The molecule has 1 saturated carbocycles. The molecule has 138 valence electrons. The van der Waals surface area contributed by atoms with Gasteiger partial charge in [0.15, 0.2) is 11.6 Å². The average molecular weight is 355 g/mol. The predicted octanol–water partition coefficient (Wildman–Crippen LogP) is 4.35. The molecule has 0 radical (unpaired) electrons. The van der Waals surface area contributed by atoms with Crippen LogP contribution in [-0.4, -0.2) is 22.6 Å². The van der Waals surface area contributed by atoms with E-state index in [1.54, 1.807) is 18.5 Å². The topological polar surface area (TPSA) is 67.1 Å². The van der Waals surface area contributed by atoms with Crippen LogP contribution in [0.4, 0.5) is 27.4 Å². The van der Waals surface area contributed by atoms with Gasteiger partial charge >= 0.3 is 0 Å². The van der Waals surface area contributed by atoms with Gasteiger partial charge in [0.05, 0.1) is 0 Å². The van der Waals surface area contributed by atoms with Crippen molar-refractivity contribution in [3.8, 4) is 0 Å². The third kappa shape index (κ3) is 3.08. The van der Waals surface area contributed by atoms with Crippen molar-refractivity contribution in [3.63, 3.8) is 0 Å². The first kappa shape index (κ1) is 17.1. The Morgan fingerprint density at radius 3 is 2.62 bits per heavy atom. The van der Waals surface area contributed by atoms with E-state index in [2.05, 4.69) is 41.0 Å². The number of aromatic nitrogens is 2. The van der Waals surface area contributed by atoms with Gasteiger partial charge in [0, 0.05) is 18.3 Å². The Kier molecular flexibility index (Phi) is 3.82. The lowest BCUT2D eigenvalue weighted by Crippen LogP contribution is -2.35. The molecule has 1 aromatic carbocycles. The van der Waals surface area contributed by atoms with Gasteiger partial charge in [-0.05, 0) is 54.4 Å². The summed E-state index contributed by atoms with van der Waals surface area (Å²) in [5, 5.41) is 3.18. The van der Waals surface area contributed by atoms with E-state index in [1.165, 1.54) is 25.0 Å². The Morgan fingerprint density at radius 1 is 1.15 bits per heavy atom. The summed E-state index contributed by atoms with van der Waals surface area (Å²) in [4.78, 5) is 11.2. The number of rotatable bonds is 3. The highest BCUT2D eigenvalue weighted by atomic mass is 19.1. The van der Waals surface area contributed by atoms with Gasteiger partial charge in [0.25, 0.3) is 0 Å². The smallest absolute Gasteiger partial charge is 0.159 e. The van der Waals surface area contributed by atoms with Gasteiger partial charge in [-0.15, -0.1) is 0 Å². The van der Waals surface area contributed by atoms with E-state index in [4.69, 9.17) is 5.73 Å². The van der Waals surface area contributed by atoms with Crippen molar-refractivity contribution in [2.75, 3.05) is 22.5 Å². The molecule has 2 heterocycles. The average Bonchev–Trinajstić information content (AvgIpc) is 2.80. The van der Waals surface area contributed by atoms with Crippen LogP contribution in [0.25, 0.3) is 0 Å². The number of nitrogens with zero attached hydrogens (tertiary/aromatic N) is 3. The highest BCUT2D eigenvalue weighted by Crippen LogP contribution is 2.54. The van der Waals surface area contributed by atoms with Crippen LogP contribution in [0, 0.1) is 16.6 Å². The van der Waals surface area contributed by atoms with Crippen LogP contribution in [0.15, 0.2) is 30.6 Å². The Morgan fingerprint density at radius 2 is 1.88 bits per heavy atom. The summed E-state index contributed by atoms with van der Waals surface area (Å²) in [6.07, 6.45) is 5.10. The summed E-state index contributed by atoms with van der Waals surface area (Å²) in [7, 11) is 0. The fourth-order valence-electron chi connectivity index (χ4n) is 5.09. The summed E-state index contributed by atoms with van der Waals surface area (Å²) in [5.74, 6) is 1.09. The molecule has 2 unspecified atom stereocenters. The van der Waals surface area contributed by atoms with E-state index in [0.717, 1.165) is 24.5 Å². The lowest BCUT2D eigenvalue weighted by atomic mass is 9.65. The van der Waals surface area contributed by atoms with Crippen LogP contribution in [0.5, 0.6) is 0 Å². The van der Waals surface area contributed by atoms with Gasteiger partial charge < -0.3 is 16.0 Å². The van der Waals surface area contributed by atoms with E-state index in [1.807, 2.05) is 0 Å². The maximum Gasteiger partial charge on any atom is 0.159 e. The van der Waals surface area contributed by atoms with Crippen molar-refractivity contribution in [1.82, 2.24) is 9.97 Å². The zero-order chi connectivity index (χ0) is 18.5. The van der Waals surface area contributed by atoms with E-state index in [0.29, 0.717) is 28.4 Å². The zero-order valence-corrected chi connectivity index (χ0v) is 15.6. The van der Waals surface area contributed by atoms with Crippen LogP contribution in [-0.2, 0) is 0 Å². The first-order valence-electron chi connectivity index (χ1n) is 9.14. The molecule has 4 rings (SSSR count). The van der Waals surface area contributed by atoms with Crippen molar-refractivity contribution in [3.05, 3.63) is 36.4 Å². The second-order valence-electron chi connectivity index (χ2n) is 8.93. The lowest BCUT2D eigenvalue weighted by Gasteiger charge is -2.39. The monoisotopic (exact) mass is 355 g/mol. The van der Waals surface area contributed by atoms with Gasteiger partial charge in [0.1, 0.15) is 17.8 Å². The number of nitrogen functional groups attached to an aromatic ring is 1. The quantitative estimate of drug-likeness (QED) is 0.857. The van der Waals surface area contributed by atoms with Crippen LogP contribution in [0.3, 0.4) is 0 Å². The SMILES string of the molecule is CC1(C)CC2CC(C)(CN2c2ncnc(Nc3ccc(F)cc3)c2N)C1. The molecule has 2 aromatic rings. The molecule has 2 fully saturated rings. The molecule has 1 aromatic heterocycles. The van der Waals surface area contributed by atoms with Crippen LogP contribution in [0.2, 0.25) is 0 Å². The summed E-state index contributed by atoms with van der Waals surface area (Å²) in [5.41, 5.74) is 8.36. The van der Waals surface area contributed by atoms with Gasteiger partial charge in [-0.3, -0.25) is 0 Å². The first-order chi connectivity index (χ1) is 12.2. The number of benzene rings is 1. The fourth-order valence-corrected chi connectivity index (χ4v) is 5.09. The fraction of sp³-hybridized carbons (Fsp3) is 0.500. The molecular weight excluding hydrogens is 329 g/mol. The van der Waals surface area contributed by atoms with Crippen molar-refractivity contribution < 1.29 is 4.39 Å². The standard InChI is InChI=1S/C20H26FN5/c1-19(2)8-15-9-20(3,10-19)11-26(15)18-16(22)17(23-12-24-18)25-14-6-4-13(21)5-7-14/h4-7,12,15H,8-11,22H2,1-3H3,(H,23,24,25). The molecule has 0 spiro atoms. The third-order valence-corrected chi connectivity index (χ3v) is 5.66. The summed E-state index contributed by atoms with van der Waals surface area (Å²) in [6.45, 7) is 8.05. The minimum absolute atomic E-state index is 0.271. The summed E-state index contributed by atoms with van der Waals surface area (Å²) >= 11 is 0. The van der Waals surface area contributed by atoms with E-state index in [9.17, 15) is 4.39 Å². The molecule has 6 heteroatoms. The minimum Gasteiger partial charge on any atom is -0.393 e. The molecule has 1 aliphatic heterocycles. The van der Waals surface area contributed by atoms with Crippen molar-refractivity contribution in [1.29, 1.82) is 0 Å². The molecule has 2 aliphatic rings. The number of nitrogens with one attached hydrogen (secondary N) is 1. The molecule has 2 bridgehead atoms. The second kappa shape index (κ2) is 5.83. The third-order valence-electron chi connectivity index (χ3n) is 5.66. The van der Waals surface area contributed by atoms with E-state index in [-0.39, 0.29) is 5.82 Å². The molecule has 26 heavy (non-hydrogen) atoms. The molecule has 5 nitrogen and oxygen atoms in total. The van der Waals surface area contributed by atoms with Crippen molar-refractivity contribution in [2.45, 2.75) is 46.1 Å². The molecule has 1 saturated heterocycles. The Balaban J connectivity index is 1.63. The first-order valence-corrected chi connectivity index (χ1v) is 9.14. The highest BCUT2D eigenvalue weighted by molar-refractivity contribution is 5.78. The van der Waals surface area contributed by atoms with Crippen LogP contribution in [0.1, 0.15) is 40.0 Å². The van der Waals surface area contributed by atoms with Gasteiger partial charge in [-0.2, -0.15) is 0 Å². The number of hydrogen-bond donors (Lipinski definition) is 2. The number of fused-ring (bicyclic) bond motifs is 2. The largest absolute Gasteiger partial charge is 0.393 e. The Hall–Kier alpha value is -2.37. The Labute approximate surface area is 153 Å². The normalized spacial score (nSPS) is 26.8. The van der Waals surface area contributed by atoms with Crippen molar-refractivity contribution >= 4 is 23.0 Å². The number of hydrogen-bond acceptors (Lipinski definition) is 5. The molecule has 1 aliphatic carbocycles. The van der Waals surface area contributed by atoms with Gasteiger partial charge in [-0.1, -0.05) is 20.8 Å². The summed E-state index contributed by atoms with van der Waals surface area (Å²) in [6, 6.07) is 6.62. The molecule has 3 N–H and O–H groups in total. The van der Waals surface area contributed by atoms with Crippen molar-refractivity contribution in [2.24, 2.45) is 10.8 Å². The summed E-state index contributed by atoms with van der Waals surface area (Å²) < 4.78 is 13.1. The molecule has 2 atom stereocenters. The van der Waals surface area contributed by atoms with E-state index >= 15 is 0 Å². The molecule has 0 amide bonds. The lowest BCUT2D eigenvalue weighted by molar-refractivity contribution is 0.136. The van der Waals surface area contributed by atoms with Gasteiger partial charge in [-0.25, -0.2) is 14.4 Å².